The number of aryl methyl sites for hydroxylation is 1. The molecule has 0 spiro atoms. The number of pyridine rings is 1. The highest BCUT2D eigenvalue weighted by Crippen LogP contribution is 2.25. The molecule has 0 atom stereocenters. The Balaban J connectivity index is 0.000000267. The molecule has 1 aliphatic heterocycles. The summed E-state index contributed by atoms with van der Waals surface area (Å²) in [6.07, 6.45) is 5.22. The number of nitrogens with zero attached hydrogens (tertiary/aromatic N) is 5. The fraction of sp³-hybridized carbons (Fsp3) is 0.179. The third-order valence-corrected chi connectivity index (χ3v) is 9.44. The smallest absolute Gasteiger partial charge is 0.294 e. The average molecular weight is 702 g/mol. The molecule has 11 nitrogen and oxygen atoms in total. The second-order valence-corrected chi connectivity index (χ2v) is 13.8. The maximum Gasteiger partial charge on any atom is 0.294 e. The lowest BCUT2D eigenvalue weighted by Crippen LogP contribution is -2.43. The Morgan fingerprint density at radius 2 is 1.61 bits per heavy atom. The van der Waals surface area contributed by atoms with E-state index in [1.165, 1.54) is 17.7 Å². The number of hydrogen-bond donors (Lipinski definition) is 3. The molecule has 1 fully saturated rings. The summed E-state index contributed by atoms with van der Waals surface area (Å²) in [6.45, 7) is 7.24. The van der Waals surface area contributed by atoms with Crippen molar-refractivity contribution in [2.75, 3.05) is 43.9 Å². The molecule has 4 aromatic carbocycles. The Bertz CT molecular complexity index is 2230. The van der Waals surface area contributed by atoms with Gasteiger partial charge in [-0.25, -0.2) is 9.97 Å². The van der Waals surface area contributed by atoms with Gasteiger partial charge in [0, 0.05) is 73.8 Å². The monoisotopic (exact) mass is 701 g/mol. The van der Waals surface area contributed by atoms with Crippen LogP contribution in [0.3, 0.4) is 0 Å². The molecule has 0 radical (unpaired) electrons. The van der Waals surface area contributed by atoms with Gasteiger partial charge in [-0.3, -0.25) is 19.2 Å². The van der Waals surface area contributed by atoms with Crippen molar-refractivity contribution >= 4 is 44.1 Å². The molecular weight excluding hydrogens is 663 g/mol. The molecule has 51 heavy (non-hydrogen) atoms. The summed E-state index contributed by atoms with van der Waals surface area (Å²) in [4.78, 5) is 30.8. The predicted octanol–water partition coefficient (Wildman–Crippen LogP) is 6.68. The Kier molecular flexibility index (Phi) is 11.1. The maximum atomic E-state index is 12.9. The number of carbonyl (C=O) groups is 1. The SMILES string of the molecule is Cc1ccc(NC(=O)c2ccc(CN3CCN(C)CC3)cc2)cc1Nc1nccc(-c2cccnc2)n1.O=S(=O)(O)c1ccc2ccccc2c1. The molecule has 7 rings (SSSR count). The van der Waals surface area contributed by atoms with E-state index in [0.29, 0.717) is 17.2 Å². The minimum absolute atomic E-state index is 0.0730. The van der Waals surface area contributed by atoms with E-state index >= 15 is 0 Å². The zero-order chi connectivity index (χ0) is 35.8. The van der Waals surface area contributed by atoms with Crippen LogP contribution in [0.15, 0.2) is 127 Å². The molecule has 1 amide bonds. The molecule has 12 heteroatoms. The molecular formula is C39H39N7O4S. The highest BCUT2D eigenvalue weighted by Gasteiger charge is 2.15. The molecule has 0 aliphatic carbocycles. The first-order chi connectivity index (χ1) is 24.6. The summed E-state index contributed by atoms with van der Waals surface area (Å²) in [5.74, 6) is 0.333. The van der Waals surface area contributed by atoms with Crippen LogP contribution in [0.25, 0.3) is 22.0 Å². The van der Waals surface area contributed by atoms with Crippen molar-refractivity contribution in [3.8, 4) is 11.3 Å². The summed E-state index contributed by atoms with van der Waals surface area (Å²) in [7, 11) is -1.93. The third kappa shape index (κ3) is 9.59. The molecule has 0 saturated carbocycles. The van der Waals surface area contributed by atoms with Crippen LogP contribution in [0.5, 0.6) is 0 Å². The lowest BCUT2D eigenvalue weighted by Gasteiger charge is -2.32. The number of amides is 1. The first-order valence-corrected chi connectivity index (χ1v) is 17.9. The summed E-state index contributed by atoms with van der Waals surface area (Å²) in [5.41, 5.74) is 6.08. The quantitative estimate of drug-likeness (QED) is 0.147. The predicted molar refractivity (Wildman–Crippen MR) is 201 cm³/mol. The van der Waals surface area contributed by atoms with Crippen molar-refractivity contribution in [1.82, 2.24) is 24.8 Å². The average Bonchev–Trinajstić information content (AvgIpc) is 3.14. The Labute approximate surface area is 297 Å². The molecule has 3 heterocycles. The van der Waals surface area contributed by atoms with Crippen molar-refractivity contribution in [3.05, 3.63) is 138 Å². The zero-order valence-electron chi connectivity index (χ0n) is 28.4. The van der Waals surface area contributed by atoms with Gasteiger partial charge < -0.3 is 15.5 Å². The first-order valence-electron chi connectivity index (χ1n) is 16.5. The van der Waals surface area contributed by atoms with Crippen LogP contribution in [0.4, 0.5) is 17.3 Å². The molecule has 1 aliphatic rings. The number of benzene rings is 4. The van der Waals surface area contributed by atoms with Crippen LogP contribution in [0.1, 0.15) is 21.5 Å². The molecule has 6 aromatic rings. The minimum atomic E-state index is -4.09. The number of fused-ring (bicyclic) bond motifs is 1. The van der Waals surface area contributed by atoms with E-state index in [9.17, 15) is 13.2 Å². The fourth-order valence-electron chi connectivity index (χ4n) is 5.61. The summed E-state index contributed by atoms with van der Waals surface area (Å²) >= 11 is 0. The van der Waals surface area contributed by atoms with Crippen LogP contribution in [-0.2, 0) is 16.7 Å². The van der Waals surface area contributed by atoms with Gasteiger partial charge in [0.2, 0.25) is 5.95 Å². The van der Waals surface area contributed by atoms with Gasteiger partial charge >= 0.3 is 0 Å². The molecule has 260 valence electrons. The summed E-state index contributed by atoms with van der Waals surface area (Å²) in [5, 5.41) is 8.03. The number of piperazine rings is 1. The van der Waals surface area contributed by atoms with Gasteiger partial charge in [-0.15, -0.1) is 0 Å². The topological polar surface area (TPSA) is 141 Å². The number of likely N-dealkylation sites (N-methyl/N-ethyl adjacent to an activating group) is 1. The number of anilines is 3. The zero-order valence-corrected chi connectivity index (χ0v) is 29.2. The molecule has 3 N–H and O–H groups in total. The number of nitrogens with one attached hydrogen (secondary N) is 2. The number of carbonyl (C=O) groups excluding carboxylic acids is 1. The highest BCUT2D eigenvalue weighted by molar-refractivity contribution is 7.85. The van der Waals surface area contributed by atoms with E-state index in [1.54, 1.807) is 30.7 Å². The fourth-order valence-corrected chi connectivity index (χ4v) is 6.12. The first kappa shape index (κ1) is 35.3. The van der Waals surface area contributed by atoms with E-state index in [4.69, 9.17) is 4.55 Å². The minimum Gasteiger partial charge on any atom is -0.324 e. The second kappa shape index (κ2) is 16.0. The summed E-state index contributed by atoms with van der Waals surface area (Å²) in [6, 6.07) is 31.2. The van der Waals surface area contributed by atoms with Crippen molar-refractivity contribution in [1.29, 1.82) is 0 Å². The molecule has 1 saturated heterocycles. The van der Waals surface area contributed by atoms with Crippen LogP contribution >= 0.6 is 0 Å². The van der Waals surface area contributed by atoms with Gasteiger partial charge in [0.25, 0.3) is 16.0 Å². The number of hydrogen-bond acceptors (Lipinski definition) is 9. The van der Waals surface area contributed by atoms with Gasteiger partial charge in [0.1, 0.15) is 0 Å². The van der Waals surface area contributed by atoms with E-state index in [0.717, 1.165) is 66.0 Å². The van der Waals surface area contributed by atoms with E-state index in [-0.39, 0.29) is 10.8 Å². The van der Waals surface area contributed by atoms with Gasteiger partial charge in [-0.05, 0) is 90.5 Å². The normalized spacial score (nSPS) is 13.6. The Hall–Kier alpha value is -5.53. The van der Waals surface area contributed by atoms with Gasteiger partial charge in [-0.1, -0.05) is 48.5 Å². The van der Waals surface area contributed by atoms with Crippen LogP contribution in [-0.4, -0.2) is 76.9 Å². The van der Waals surface area contributed by atoms with Crippen molar-refractivity contribution in [2.45, 2.75) is 18.4 Å². The highest BCUT2D eigenvalue weighted by atomic mass is 32.2. The van der Waals surface area contributed by atoms with Crippen LogP contribution in [0.2, 0.25) is 0 Å². The van der Waals surface area contributed by atoms with Crippen molar-refractivity contribution < 1.29 is 17.8 Å². The lowest BCUT2D eigenvalue weighted by molar-refractivity contribution is 0.102. The van der Waals surface area contributed by atoms with E-state index in [2.05, 4.69) is 42.4 Å². The van der Waals surface area contributed by atoms with Gasteiger partial charge in [0.05, 0.1) is 10.6 Å². The third-order valence-electron chi connectivity index (χ3n) is 8.59. The Morgan fingerprint density at radius 3 is 2.33 bits per heavy atom. The van der Waals surface area contributed by atoms with E-state index < -0.39 is 10.1 Å². The standard InChI is InChI=1S/C29H31N7O.C10H8O3S/c1-21-5-10-25(18-27(21)34-29-31-13-11-26(33-29)24-4-3-12-30-19-24)32-28(37)23-8-6-22(7-9-23)20-36-16-14-35(2)15-17-36;11-14(12,13)10-6-5-8-3-1-2-4-9(8)7-10/h3-13,18-19H,14-17,20H2,1-2H3,(H,32,37)(H,31,33,34);1-7H,(H,11,12,13). The number of rotatable bonds is 8. The van der Waals surface area contributed by atoms with Gasteiger partial charge in [-0.2, -0.15) is 8.42 Å². The van der Waals surface area contributed by atoms with Crippen molar-refractivity contribution in [3.63, 3.8) is 0 Å². The van der Waals surface area contributed by atoms with Gasteiger partial charge in [0.15, 0.2) is 0 Å². The van der Waals surface area contributed by atoms with Crippen LogP contribution in [0, 0.1) is 6.92 Å². The van der Waals surface area contributed by atoms with E-state index in [1.807, 2.05) is 85.8 Å². The van der Waals surface area contributed by atoms with Crippen LogP contribution < -0.4 is 10.6 Å². The lowest BCUT2D eigenvalue weighted by atomic mass is 10.1. The second-order valence-electron chi connectivity index (χ2n) is 12.4. The van der Waals surface area contributed by atoms with Crippen molar-refractivity contribution in [2.24, 2.45) is 0 Å². The molecule has 2 aromatic heterocycles. The maximum absolute atomic E-state index is 12.9. The molecule has 0 bridgehead atoms. The number of aromatic nitrogens is 3. The summed E-state index contributed by atoms with van der Waals surface area (Å²) < 4.78 is 30.5. The largest absolute Gasteiger partial charge is 0.324 e. The molecule has 0 unspecified atom stereocenters. The Morgan fingerprint density at radius 1 is 0.843 bits per heavy atom.